The third-order valence-corrected chi connectivity index (χ3v) is 3.51. The molecule has 1 fully saturated rings. The Morgan fingerprint density at radius 1 is 1.30 bits per heavy atom. The van der Waals surface area contributed by atoms with Crippen molar-refractivity contribution < 1.29 is 33.0 Å². The van der Waals surface area contributed by atoms with E-state index in [9.17, 15) is 22.8 Å². The predicted octanol–water partition coefficient (Wildman–Crippen LogP) is 1.31. The van der Waals surface area contributed by atoms with E-state index in [2.05, 4.69) is 5.32 Å². The molecular weight excluding hydrogens is 279 g/mol. The van der Waals surface area contributed by atoms with Gasteiger partial charge in [-0.25, -0.2) is 4.79 Å². The Morgan fingerprint density at radius 2 is 1.95 bits per heavy atom. The summed E-state index contributed by atoms with van der Waals surface area (Å²) in [5.41, 5.74) is 0. The standard InChI is InChI=1S/C12H18F3NO4/c13-12(14,15)8-3-1-2-7(6-8)10(18)16-5-4-9(17)11(19)20/h7-9,17H,1-6H2,(H,16,18)(H,19,20). The third kappa shape index (κ3) is 4.99. The quantitative estimate of drug-likeness (QED) is 0.714. The van der Waals surface area contributed by atoms with Crippen LogP contribution in [0.25, 0.3) is 0 Å². The van der Waals surface area contributed by atoms with E-state index in [-0.39, 0.29) is 25.8 Å². The largest absolute Gasteiger partial charge is 0.479 e. The minimum absolute atomic E-state index is 0.0466. The number of carboxylic acid groups (broad SMARTS) is 1. The highest BCUT2D eigenvalue weighted by atomic mass is 19.4. The Morgan fingerprint density at radius 3 is 2.50 bits per heavy atom. The van der Waals surface area contributed by atoms with E-state index in [1.54, 1.807) is 0 Å². The Balaban J connectivity index is 2.38. The smallest absolute Gasteiger partial charge is 0.391 e. The highest BCUT2D eigenvalue weighted by molar-refractivity contribution is 5.78. The number of aliphatic hydroxyl groups excluding tert-OH is 1. The molecule has 1 rings (SSSR count). The van der Waals surface area contributed by atoms with Crippen molar-refractivity contribution >= 4 is 11.9 Å². The van der Waals surface area contributed by atoms with Crippen molar-refractivity contribution in [1.82, 2.24) is 5.32 Å². The Kier molecular flexibility index (Phi) is 5.79. The van der Waals surface area contributed by atoms with Gasteiger partial charge in [-0.15, -0.1) is 0 Å². The number of nitrogens with one attached hydrogen (secondary N) is 1. The van der Waals surface area contributed by atoms with Crippen LogP contribution in [0.2, 0.25) is 0 Å². The van der Waals surface area contributed by atoms with Crippen LogP contribution in [0.1, 0.15) is 32.1 Å². The lowest BCUT2D eigenvalue weighted by atomic mass is 9.80. The number of carbonyl (C=O) groups is 2. The highest BCUT2D eigenvalue weighted by Gasteiger charge is 2.43. The lowest BCUT2D eigenvalue weighted by Crippen LogP contribution is -2.38. The normalized spacial score (nSPS) is 25.0. The first kappa shape index (κ1) is 16.7. The summed E-state index contributed by atoms with van der Waals surface area (Å²) in [6.07, 6.45) is -5.46. The lowest BCUT2D eigenvalue weighted by Gasteiger charge is -2.29. The van der Waals surface area contributed by atoms with Gasteiger partial charge in [-0.05, 0) is 19.3 Å². The number of halogens is 3. The summed E-state index contributed by atoms with van der Waals surface area (Å²) < 4.78 is 37.8. The Hall–Kier alpha value is -1.31. The first-order valence-corrected chi connectivity index (χ1v) is 6.47. The van der Waals surface area contributed by atoms with E-state index in [0.29, 0.717) is 12.8 Å². The zero-order chi connectivity index (χ0) is 15.3. The van der Waals surface area contributed by atoms with Crippen molar-refractivity contribution in [2.24, 2.45) is 11.8 Å². The molecular formula is C12H18F3NO4. The molecule has 0 saturated heterocycles. The first-order chi connectivity index (χ1) is 9.21. The number of carbonyl (C=O) groups excluding carboxylic acids is 1. The van der Waals surface area contributed by atoms with Crippen molar-refractivity contribution in [2.75, 3.05) is 6.54 Å². The van der Waals surface area contributed by atoms with Crippen LogP contribution in [0, 0.1) is 11.8 Å². The fraction of sp³-hybridized carbons (Fsp3) is 0.833. The van der Waals surface area contributed by atoms with Gasteiger partial charge in [-0.2, -0.15) is 13.2 Å². The molecule has 3 N–H and O–H groups in total. The van der Waals surface area contributed by atoms with Crippen LogP contribution < -0.4 is 5.32 Å². The Bertz CT molecular complexity index is 359. The molecule has 8 heteroatoms. The van der Waals surface area contributed by atoms with Crippen LogP contribution in [-0.2, 0) is 9.59 Å². The second-order valence-electron chi connectivity index (χ2n) is 5.04. The van der Waals surface area contributed by atoms with E-state index in [4.69, 9.17) is 10.2 Å². The molecule has 0 aromatic rings. The highest BCUT2D eigenvalue weighted by Crippen LogP contribution is 2.39. The zero-order valence-electron chi connectivity index (χ0n) is 10.8. The SMILES string of the molecule is O=C(O)C(O)CCNC(=O)C1CCCC(C(F)(F)F)C1. The Labute approximate surface area is 114 Å². The average molecular weight is 297 g/mol. The second-order valence-corrected chi connectivity index (χ2v) is 5.04. The van der Waals surface area contributed by atoms with Gasteiger partial charge in [0, 0.05) is 18.9 Å². The van der Waals surface area contributed by atoms with Gasteiger partial charge in [-0.3, -0.25) is 4.79 Å². The van der Waals surface area contributed by atoms with Crippen LogP contribution in [0.4, 0.5) is 13.2 Å². The van der Waals surface area contributed by atoms with E-state index < -0.39 is 36.0 Å². The summed E-state index contributed by atoms with van der Waals surface area (Å²) in [6, 6.07) is 0. The van der Waals surface area contributed by atoms with Gasteiger partial charge in [0.15, 0.2) is 6.10 Å². The van der Waals surface area contributed by atoms with E-state index in [1.165, 1.54) is 0 Å². The maximum atomic E-state index is 12.6. The number of aliphatic carboxylic acids is 1. The summed E-state index contributed by atoms with van der Waals surface area (Å²) in [5, 5.41) is 19.8. The number of hydrogen-bond donors (Lipinski definition) is 3. The van der Waals surface area contributed by atoms with E-state index in [1.807, 2.05) is 0 Å². The van der Waals surface area contributed by atoms with Gasteiger partial charge >= 0.3 is 12.1 Å². The summed E-state index contributed by atoms with van der Waals surface area (Å²) in [7, 11) is 0. The molecule has 0 aliphatic heterocycles. The fourth-order valence-electron chi connectivity index (χ4n) is 2.33. The van der Waals surface area contributed by atoms with Crippen LogP contribution in [-0.4, -0.2) is 40.9 Å². The molecule has 0 radical (unpaired) electrons. The molecule has 116 valence electrons. The zero-order valence-corrected chi connectivity index (χ0v) is 10.8. The molecule has 0 heterocycles. The average Bonchev–Trinajstić information content (AvgIpc) is 2.37. The molecule has 1 amide bonds. The van der Waals surface area contributed by atoms with Crippen LogP contribution in [0.3, 0.4) is 0 Å². The van der Waals surface area contributed by atoms with Gasteiger partial charge in [-0.1, -0.05) is 6.42 Å². The molecule has 1 aliphatic rings. The summed E-state index contributed by atoms with van der Waals surface area (Å²) >= 11 is 0. The third-order valence-electron chi connectivity index (χ3n) is 3.51. The number of carboxylic acids is 1. The second kappa shape index (κ2) is 6.92. The summed E-state index contributed by atoms with van der Waals surface area (Å²) in [4.78, 5) is 22.1. The summed E-state index contributed by atoms with van der Waals surface area (Å²) in [6.45, 7) is -0.0700. The van der Waals surface area contributed by atoms with Crippen molar-refractivity contribution in [3.8, 4) is 0 Å². The predicted molar refractivity (Wildman–Crippen MR) is 62.8 cm³/mol. The van der Waals surface area contributed by atoms with Crippen molar-refractivity contribution in [1.29, 1.82) is 0 Å². The first-order valence-electron chi connectivity index (χ1n) is 6.47. The van der Waals surface area contributed by atoms with Gasteiger partial charge in [0.25, 0.3) is 0 Å². The van der Waals surface area contributed by atoms with Gasteiger partial charge < -0.3 is 15.5 Å². The van der Waals surface area contributed by atoms with Crippen molar-refractivity contribution in [3.63, 3.8) is 0 Å². The molecule has 1 aliphatic carbocycles. The van der Waals surface area contributed by atoms with Gasteiger partial charge in [0.05, 0.1) is 5.92 Å². The van der Waals surface area contributed by atoms with Crippen LogP contribution in [0.5, 0.6) is 0 Å². The van der Waals surface area contributed by atoms with Crippen LogP contribution >= 0.6 is 0 Å². The van der Waals surface area contributed by atoms with Gasteiger partial charge in [0.1, 0.15) is 0 Å². The monoisotopic (exact) mass is 297 g/mol. The summed E-state index contributed by atoms with van der Waals surface area (Å²) in [5.74, 6) is -4.04. The minimum atomic E-state index is -4.28. The maximum absolute atomic E-state index is 12.6. The number of aliphatic hydroxyl groups is 1. The topological polar surface area (TPSA) is 86.6 Å². The lowest BCUT2D eigenvalue weighted by molar-refractivity contribution is -0.186. The van der Waals surface area contributed by atoms with Gasteiger partial charge in [0.2, 0.25) is 5.91 Å². The molecule has 3 atom stereocenters. The maximum Gasteiger partial charge on any atom is 0.391 e. The molecule has 5 nitrogen and oxygen atoms in total. The molecule has 1 saturated carbocycles. The van der Waals surface area contributed by atoms with Crippen LogP contribution in [0.15, 0.2) is 0 Å². The fourth-order valence-corrected chi connectivity index (χ4v) is 2.33. The van der Waals surface area contributed by atoms with Crippen molar-refractivity contribution in [3.05, 3.63) is 0 Å². The molecule has 0 aromatic carbocycles. The van der Waals surface area contributed by atoms with E-state index >= 15 is 0 Å². The minimum Gasteiger partial charge on any atom is -0.479 e. The number of alkyl halides is 3. The number of rotatable bonds is 5. The van der Waals surface area contributed by atoms with E-state index in [0.717, 1.165) is 0 Å². The number of amides is 1. The molecule has 20 heavy (non-hydrogen) atoms. The number of hydrogen-bond acceptors (Lipinski definition) is 3. The molecule has 0 bridgehead atoms. The van der Waals surface area contributed by atoms with Crippen molar-refractivity contribution in [2.45, 2.75) is 44.4 Å². The molecule has 3 unspecified atom stereocenters. The molecule has 0 spiro atoms. The molecule has 0 aromatic heterocycles.